The summed E-state index contributed by atoms with van der Waals surface area (Å²) in [5, 5.41) is 0. The number of hydrogen-bond acceptors (Lipinski definition) is 2. The minimum atomic E-state index is -0.374. The van der Waals surface area contributed by atoms with E-state index in [1.54, 1.807) is 0 Å². The molecule has 0 aromatic rings. The van der Waals surface area contributed by atoms with Crippen molar-refractivity contribution in [2.45, 2.75) is 265 Å². The van der Waals surface area contributed by atoms with Gasteiger partial charge in [-0.3, -0.25) is 4.79 Å². The summed E-state index contributed by atoms with van der Waals surface area (Å²) < 4.78 is 7.06. The zero-order valence-corrected chi connectivity index (χ0v) is 44.6. The Kier molecular flexibility index (Phi) is 50.8. The maximum atomic E-state index is 14.2. The minimum Gasteiger partial charge on any atom is -1.00 e. The molecule has 0 fully saturated rings. The Balaban J connectivity index is 0. The third-order valence-electron chi connectivity index (χ3n) is 12.5. The van der Waals surface area contributed by atoms with E-state index in [1.165, 1.54) is 186 Å². The van der Waals surface area contributed by atoms with E-state index in [0.717, 1.165) is 68.8 Å². The Morgan fingerprint density at radius 2 is 0.641 bits per heavy atom. The van der Waals surface area contributed by atoms with Gasteiger partial charge in [0, 0.05) is 0 Å². The highest BCUT2D eigenvalue weighted by Gasteiger charge is 2.43. The van der Waals surface area contributed by atoms with Crippen LogP contribution in [0.4, 0.5) is 0 Å². The van der Waals surface area contributed by atoms with Crippen LogP contribution in [-0.2, 0) is 9.53 Å². The average Bonchev–Trinajstić information content (AvgIpc) is 3.26. The fourth-order valence-corrected chi connectivity index (χ4v) is 8.77. The SMILES string of the molecule is CCCCC/C=C\C/C=C\CCCCCCCCOC(=O)C(CCCCCCCC/C=C\C/C=C\CCCCC)(CCCCCCCC/C=C\C/C=C\CCCCC)C[N+](C)(C)C.[Cl-]. The van der Waals surface area contributed by atoms with Crippen molar-refractivity contribution in [2.24, 2.45) is 5.41 Å². The summed E-state index contributed by atoms with van der Waals surface area (Å²) in [6.45, 7) is 8.26. The van der Waals surface area contributed by atoms with Gasteiger partial charge in [0.15, 0.2) is 0 Å². The number of ether oxygens (including phenoxy) is 1. The lowest BCUT2D eigenvalue weighted by Crippen LogP contribution is -3.00. The summed E-state index contributed by atoms with van der Waals surface area (Å²) in [7, 11) is 6.80. The van der Waals surface area contributed by atoms with Gasteiger partial charge in [-0.05, 0) is 116 Å². The van der Waals surface area contributed by atoms with Crippen molar-refractivity contribution in [2.75, 3.05) is 34.3 Å². The van der Waals surface area contributed by atoms with Crippen LogP contribution in [0.2, 0.25) is 0 Å². The number of hydrogen-bond donors (Lipinski definition) is 0. The second-order valence-corrected chi connectivity index (χ2v) is 20.1. The van der Waals surface area contributed by atoms with Crippen LogP contribution >= 0.6 is 0 Å². The molecule has 3 nitrogen and oxygen atoms in total. The molecule has 0 aliphatic heterocycles. The number of halogens is 1. The standard InChI is InChI=1S/C60H110NO2.ClH/c1-7-10-13-16-19-22-25-28-31-34-37-40-43-46-49-52-55-60(58-61(4,5)6,56-53-50-47-44-41-38-35-32-29-26-23-20-17-14-11-8-2)59(62)63-57-54-51-48-45-42-39-36-33-30-27-24-21-18-15-12-9-3;/h19-24,28-33H,7-18,25-27,34-58H2,1-6H3;1H/q+1;/p-1/b22-19-,23-20-,24-21-,31-28-,32-29-,33-30-;. The maximum absolute atomic E-state index is 14.2. The molecule has 64 heavy (non-hydrogen) atoms. The van der Waals surface area contributed by atoms with Crippen LogP contribution in [-0.4, -0.2) is 44.7 Å². The second-order valence-electron chi connectivity index (χ2n) is 20.1. The summed E-state index contributed by atoms with van der Waals surface area (Å²) in [6, 6.07) is 0. The number of nitrogens with zero attached hydrogens (tertiary/aromatic N) is 1. The van der Waals surface area contributed by atoms with E-state index in [0.29, 0.717) is 6.61 Å². The second kappa shape index (κ2) is 50.6. The van der Waals surface area contributed by atoms with Crippen LogP contribution in [0.5, 0.6) is 0 Å². The fourth-order valence-electron chi connectivity index (χ4n) is 8.77. The van der Waals surface area contributed by atoms with Gasteiger partial charge in [-0.1, -0.05) is 222 Å². The van der Waals surface area contributed by atoms with Gasteiger partial charge in [-0.25, -0.2) is 0 Å². The van der Waals surface area contributed by atoms with Gasteiger partial charge in [0.2, 0.25) is 0 Å². The molecule has 0 radical (unpaired) electrons. The molecule has 0 unspecified atom stereocenters. The number of carbonyl (C=O) groups excluding carboxylic acids is 1. The molecule has 0 N–H and O–H groups in total. The molecule has 0 saturated carbocycles. The molecule has 374 valence electrons. The van der Waals surface area contributed by atoms with Gasteiger partial charge < -0.3 is 21.6 Å². The van der Waals surface area contributed by atoms with E-state index >= 15 is 0 Å². The Bertz CT molecular complexity index is 1090. The molecule has 0 aromatic carbocycles. The van der Waals surface area contributed by atoms with Gasteiger partial charge in [0.05, 0.1) is 34.3 Å². The molecule has 0 rings (SSSR count). The Morgan fingerprint density at radius 1 is 0.375 bits per heavy atom. The monoisotopic (exact) mass is 912 g/mol. The summed E-state index contributed by atoms with van der Waals surface area (Å²) in [5.41, 5.74) is -0.374. The number of carbonyl (C=O) groups is 1. The third kappa shape index (κ3) is 46.7. The maximum Gasteiger partial charge on any atom is 0.317 e. The first-order chi connectivity index (χ1) is 30.8. The normalized spacial score (nSPS) is 12.7. The topological polar surface area (TPSA) is 26.3 Å². The molecule has 0 bridgehead atoms. The lowest BCUT2D eigenvalue weighted by molar-refractivity contribution is -0.876. The van der Waals surface area contributed by atoms with Gasteiger partial charge >= 0.3 is 5.97 Å². The lowest BCUT2D eigenvalue weighted by atomic mass is 9.76. The van der Waals surface area contributed by atoms with Crippen molar-refractivity contribution in [3.05, 3.63) is 72.9 Å². The zero-order valence-electron chi connectivity index (χ0n) is 43.9. The molecule has 0 aliphatic rings. The van der Waals surface area contributed by atoms with E-state index in [1.807, 2.05) is 0 Å². The van der Waals surface area contributed by atoms with Crippen molar-refractivity contribution >= 4 is 5.97 Å². The first kappa shape index (κ1) is 64.2. The van der Waals surface area contributed by atoms with Crippen molar-refractivity contribution in [1.82, 2.24) is 0 Å². The van der Waals surface area contributed by atoms with Gasteiger partial charge in [0.1, 0.15) is 5.41 Å². The first-order valence-corrected chi connectivity index (χ1v) is 27.7. The summed E-state index contributed by atoms with van der Waals surface area (Å²) in [6.07, 6.45) is 74.9. The van der Waals surface area contributed by atoms with Crippen molar-refractivity contribution in [3.63, 3.8) is 0 Å². The molecule has 0 aromatic heterocycles. The largest absolute Gasteiger partial charge is 1.00 e. The van der Waals surface area contributed by atoms with E-state index in [4.69, 9.17) is 4.74 Å². The molecular weight excluding hydrogens is 802 g/mol. The number of quaternary nitrogens is 1. The Hall–Kier alpha value is -1.84. The van der Waals surface area contributed by atoms with Gasteiger partial charge in [-0.2, -0.15) is 0 Å². The van der Waals surface area contributed by atoms with Crippen LogP contribution in [0, 0.1) is 5.41 Å². The number of allylic oxidation sites excluding steroid dienone is 12. The highest BCUT2D eigenvalue weighted by molar-refractivity contribution is 5.77. The quantitative estimate of drug-likeness (QED) is 0.0263. The third-order valence-corrected chi connectivity index (χ3v) is 12.5. The summed E-state index contributed by atoms with van der Waals surface area (Å²) >= 11 is 0. The molecule has 0 atom stereocenters. The zero-order chi connectivity index (χ0) is 46.1. The summed E-state index contributed by atoms with van der Waals surface area (Å²) in [4.78, 5) is 14.2. The van der Waals surface area contributed by atoms with Gasteiger partial charge in [0.25, 0.3) is 0 Å². The number of unbranched alkanes of at least 4 members (excludes halogenated alkanes) is 27. The molecule has 0 heterocycles. The van der Waals surface area contributed by atoms with Crippen molar-refractivity contribution in [1.29, 1.82) is 0 Å². The lowest BCUT2D eigenvalue weighted by Gasteiger charge is -2.38. The van der Waals surface area contributed by atoms with Crippen LogP contribution in [0.1, 0.15) is 265 Å². The Morgan fingerprint density at radius 3 is 0.938 bits per heavy atom. The molecule has 0 spiro atoms. The van der Waals surface area contributed by atoms with Crippen molar-refractivity contribution < 1.29 is 26.4 Å². The van der Waals surface area contributed by atoms with Crippen LogP contribution in [0.3, 0.4) is 0 Å². The minimum absolute atomic E-state index is 0. The number of rotatable bonds is 48. The smallest absolute Gasteiger partial charge is 0.317 e. The molecular formula is C60H110ClNO2. The molecule has 4 heteroatoms. The molecule has 0 amide bonds. The molecule has 0 saturated heterocycles. The number of esters is 1. The van der Waals surface area contributed by atoms with Crippen molar-refractivity contribution in [3.8, 4) is 0 Å². The van der Waals surface area contributed by atoms with E-state index in [-0.39, 0.29) is 23.8 Å². The van der Waals surface area contributed by atoms with Crippen LogP contribution in [0.15, 0.2) is 72.9 Å². The highest BCUT2D eigenvalue weighted by Crippen LogP contribution is 2.36. The summed E-state index contributed by atoms with van der Waals surface area (Å²) in [5.74, 6) is 0.100. The Labute approximate surface area is 408 Å². The fraction of sp³-hybridized carbons (Fsp3) is 0.783. The van der Waals surface area contributed by atoms with E-state index in [9.17, 15) is 4.79 Å². The van der Waals surface area contributed by atoms with Gasteiger partial charge in [-0.15, -0.1) is 0 Å². The predicted octanol–water partition coefficient (Wildman–Crippen LogP) is 16.4. The van der Waals surface area contributed by atoms with Crippen LogP contribution in [0.25, 0.3) is 0 Å². The van der Waals surface area contributed by atoms with E-state index in [2.05, 4.69) is 115 Å². The highest BCUT2D eigenvalue weighted by atomic mass is 35.5. The predicted molar refractivity (Wildman–Crippen MR) is 284 cm³/mol. The molecule has 0 aliphatic carbocycles. The first-order valence-electron chi connectivity index (χ1n) is 27.7. The average molecular weight is 913 g/mol. The van der Waals surface area contributed by atoms with E-state index < -0.39 is 0 Å². The van der Waals surface area contributed by atoms with Crippen LogP contribution < -0.4 is 12.4 Å².